The minimum atomic E-state index is -0.233. The molecule has 0 unspecified atom stereocenters. The van der Waals surface area contributed by atoms with Crippen LogP contribution >= 0.6 is 0 Å². The van der Waals surface area contributed by atoms with Crippen LogP contribution in [-0.2, 0) is 6.42 Å². The van der Waals surface area contributed by atoms with Gasteiger partial charge in [-0.25, -0.2) is 5.48 Å². The zero-order valence-electron chi connectivity index (χ0n) is 9.17. The van der Waals surface area contributed by atoms with Crippen molar-refractivity contribution in [2.24, 2.45) is 15.9 Å². The number of nitrogens with one attached hydrogen (secondary N) is 1. The van der Waals surface area contributed by atoms with E-state index in [9.17, 15) is 5.11 Å². The molecule has 1 aromatic carbocycles. The third kappa shape index (κ3) is 3.62. The second-order valence-electron chi connectivity index (χ2n) is 3.19. The maximum atomic E-state index is 9.86. The predicted octanol–water partition coefficient (Wildman–Crippen LogP) is 0.748. The van der Waals surface area contributed by atoms with Gasteiger partial charge in [0.1, 0.15) is 5.75 Å². The quantitative estimate of drug-likeness (QED) is 0.267. The number of benzene rings is 1. The molecule has 1 rings (SSSR count). The van der Waals surface area contributed by atoms with E-state index in [-0.39, 0.29) is 11.7 Å². The van der Waals surface area contributed by atoms with Crippen molar-refractivity contribution in [2.45, 2.75) is 6.42 Å². The van der Waals surface area contributed by atoms with Crippen LogP contribution in [0.1, 0.15) is 11.1 Å². The smallest absolute Gasteiger partial charge is 0.237 e. The van der Waals surface area contributed by atoms with Crippen LogP contribution in [0.2, 0.25) is 0 Å². The number of phenols is 1. The van der Waals surface area contributed by atoms with E-state index in [0.717, 1.165) is 5.56 Å². The molecule has 0 aliphatic rings. The highest BCUT2D eigenvalue weighted by Gasteiger charge is 2.03. The summed E-state index contributed by atoms with van der Waals surface area (Å²) in [4.78, 5) is 0. The first kappa shape index (κ1) is 12.7. The van der Waals surface area contributed by atoms with Gasteiger partial charge < -0.3 is 10.8 Å². The zero-order valence-corrected chi connectivity index (χ0v) is 9.17. The summed E-state index contributed by atoms with van der Waals surface area (Å²) in [5.74, 6) is -0.107. The molecule has 6 heteroatoms. The molecule has 0 radical (unpaired) electrons. The standard InChI is InChI=1S/C11H14N4O2/c1-2-4-8-5-3-6-9(10(8)16)7-13-14-11(12)15-17/h2-3,5-7,16-17H,1,4H2,(H3,12,14,15)/b13-7-. The molecule has 0 aromatic heterocycles. The second-order valence-corrected chi connectivity index (χ2v) is 3.19. The number of nitrogens with two attached hydrogens (primary N) is 1. The van der Waals surface area contributed by atoms with Crippen LogP contribution in [0.4, 0.5) is 0 Å². The summed E-state index contributed by atoms with van der Waals surface area (Å²) in [6, 6.07) is 5.27. The Morgan fingerprint density at radius 1 is 1.53 bits per heavy atom. The lowest BCUT2D eigenvalue weighted by Gasteiger charge is -2.03. The van der Waals surface area contributed by atoms with Crippen LogP contribution < -0.4 is 11.2 Å². The third-order valence-electron chi connectivity index (χ3n) is 1.99. The molecule has 0 bridgehead atoms. The van der Waals surface area contributed by atoms with Gasteiger partial charge in [0.15, 0.2) is 0 Å². The monoisotopic (exact) mass is 234 g/mol. The first-order chi connectivity index (χ1) is 8.19. The molecule has 0 heterocycles. The zero-order chi connectivity index (χ0) is 12.7. The summed E-state index contributed by atoms with van der Waals surface area (Å²) >= 11 is 0. The molecule has 0 fully saturated rings. The number of nitrogens with zero attached hydrogens (tertiary/aromatic N) is 2. The highest BCUT2D eigenvalue weighted by molar-refractivity contribution is 5.85. The van der Waals surface area contributed by atoms with Crippen LogP contribution in [-0.4, -0.2) is 22.5 Å². The molecule has 0 aliphatic carbocycles. The molecule has 0 saturated carbocycles. The van der Waals surface area contributed by atoms with E-state index >= 15 is 0 Å². The number of phenolic OH excluding ortho intramolecular Hbond substituents is 1. The summed E-state index contributed by atoms with van der Waals surface area (Å²) in [6.45, 7) is 3.60. The van der Waals surface area contributed by atoms with Crippen LogP contribution in [0.15, 0.2) is 41.1 Å². The molecule has 0 spiro atoms. The van der Waals surface area contributed by atoms with Crippen molar-refractivity contribution in [3.05, 3.63) is 42.0 Å². The molecule has 0 atom stereocenters. The number of hydrogen-bond donors (Lipinski definition) is 4. The van der Waals surface area contributed by atoms with E-state index in [4.69, 9.17) is 10.9 Å². The molecule has 90 valence electrons. The fraction of sp³-hybridized carbons (Fsp3) is 0.0909. The number of rotatable bonds is 4. The van der Waals surface area contributed by atoms with Gasteiger partial charge in [-0.1, -0.05) is 18.2 Å². The maximum Gasteiger partial charge on any atom is 0.237 e. The van der Waals surface area contributed by atoms with E-state index in [1.165, 1.54) is 6.21 Å². The van der Waals surface area contributed by atoms with Gasteiger partial charge in [0.2, 0.25) is 5.96 Å². The van der Waals surface area contributed by atoms with Gasteiger partial charge in [-0.2, -0.15) is 5.10 Å². The number of allylic oxidation sites excluding steroid dienone is 1. The average Bonchev–Trinajstić information content (AvgIpc) is 2.33. The van der Waals surface area contributed by atoms with Gasteiger partial charge in [0.25, 0.3) is 0 Å². The molecule has 0 aliphatic heterocycles. The van der Waals surface area contributed by atoms with Crippen LogP contribution in [0.25, 0.3) is 0 Å². The molecule has 17 heavy (non-hydrogen) atoms. The largest absolute Gasteiger partial charge is 0.507 e. The Labute approximate surface area is 98.8 Å². The summed E-state index contributed by atoms with van der Waals surface area (Å²) in [5, 5.41) is 25.2. The van der Waals surface area contributed by atoms with Crippen molar-refractivity contribution >= 4 is 12.2 Å². The highest BCUT2D eigenvalue weighted by atomic mass is 16.5. The maximum absolute atomic E-state index is 9.86. The highest BCUT2D eigenvalue weighted by Crippen LogP contribution is 2.21. The summed E-state index contributed by atoms with van der Waals surface area (Å²) in [6.07, 6.45) is 3.60. The Hall–Kier alpha value is -2.34. The molecular formula is C11H14N4O2. The Morgan fingerprint density at radius 2 is 2.29 bits per heavy atom. The minimum absolute atomic E-state index is 0.127. The second kappa shape index (κ2) is 6.29. The lowest BCUT2D eigenvalue weighted by Crippen LogP contribution is -2.27. The predicted molar refractivity (Wildman–Crippen MR) is 66.1 cm³/mol. The molecule has 1 aromatic rings. The van der Waals surface area contributed by atoms with Crippen molar-refractivity contribution in [2.75, 3.05) is 0 Å². The van der Waals surface area contributed by atoms with E-state index in [1.807, 2.05) is 0 Å². The number of hydroxylamine groups is 1. The molecular weight excluding hydrogens is 220 g/mol. The van der Waals surface area contributed by atoms with Crippen molar-refractivity contribution in [1.29, 1.82) is 0 Å². The van der Waals surface area contributed by atoms with E-state index < -0.39 is 0 Å². The van der Waals surface area contributed by atoms with Crippen LogP contribution in [0.3, 0.4) is 0 Å². The Bertz CT molecular complexity index is 455. The number of hydrogen-bond acceptors (Lipinski definition) is 4. The lowest BCUT2D eigenvalue weighted by molar-refractivity contribution is 0.232. The number of aromatic hydroxyl groups is 1. The molecule has 0 amide bonds. The van der Waals surface area contributed by atoms with Gasteiger partial charge in [0.05, 0.1) is 6.21 Å². The van der Waals surface area contributed by atoms with E-state index in [1.54, 1.807) is 29.8 Å². The first-order valence-electron chi connectivity index (χ1n) is 4.87. The van der Waals surface area contributed by atoms with Crippen molar-refractivity contribution < 1.29 is 10.3 Å². The molecule has 5 N–H and O–H groups in total. The van der Waals surface area contributed by atoms with Gasteiger partial charge in [-0.15, -0.1) is 11.7 Å². The van der Waals surface area contributed by atoms with E-state index in [0.29, 0.717) is 12.0 Å². The lowest BCUT2D eigenvalue weighted by atomic mass is 10.1. The van der Waals surface area contributed by atoms with Crippen molar-refractivity contribution in [1.82, 2.24) is 5.48 Å². The minimum Gasteiger partial charge on any atom is -0.507 e. The number of guanidine groups is 1. The fourth-order valence-corrected chi connectivity index (χ4v) is 1.21. The summed E-state index contributed by atoms with van der Waals surface area (Å²) < 4.78 is 0. The van der Waals surface area contributed by atoms with Crippen molar-refractivity contribution in [3.63, 3.8) is 0 Å². The third-order valence-corrected chi connectivity index (χ3v) is 1.99. The fourth-order valence-electron chi connectivity index (χ4n) is 1.21. The SMILES string of the molecule is C=CCc1cccc(/C=N\N=C(/N)NO)c1O. The van der Waals surface area contributed by atoms with Gasteiger partial charge >= 0.3 is 0 Å². The van der Waals surface area contributed by atoms with Gasteiger partial charge in [-0.3, -0.25) is 5.21 Å². The number of para-hydroxylation sites is 1. The summed E-state index contributed by atoms with van der Waals surface area (Å²) in [5.41, 5.74) is 8.05. The Morgan fingerprint density at radius 3 is 2.94 bits per heavy atom. The molecule has 6 nitrogen and oxygen atoms in total. The normalized spacial score (nSPS) is 11.7. The van der Waals surface area contributed by atoms with E-state index in [2.05, 4.69) is 16.8 Å². The van der Waals surface area contributed by atoms with Crippen molar-refractivity contribution in [3.8, 4) is 5.75 Å². The van der Waals surface area contributed by atoms with Crippen LogP contribution in [0.5, 0.6) is 5.75 Å². The summed E-state index contributed by atoms with van der Waals surface area (Å²) in [7, 11) is 0. The van der Waals surface area contributed by atoms with Gasteiger partial charge in [-0.05, 0) is 18.1 Å². The average molecular weight is 234 g/mol. The van der Waals surface area contributed by atoms with Crippen LogP contribution in [0, 0.1) is 0 Å². The topological polar surface area (TPSA) is 103 Å². The Kier molecular flexibility index (Phi) is 4.71. The van der Waals surface area contributed by atoms with Gasteiger partial charge in [0, 0.05) is 5.56 Å². The first-order valence-corrected chi connectivity index (χ1v) is 4.87. The molecule has 0 saturated heterocycles. The Balaban J connectivity index is 2.92.